The lowest BCUT2D eigenvalue weighted by molar-refractivity contribution is -0.386. The van der Waals surface area contributed by atoms with Gasteiger partial charge in [0.1, 0.15) is 0 Å². The average Bonchev–Trinajstić information content (AvgIpc) is 2.49. The van der Waals surface area contributed by atoms with Gasteiger partial charge in [-0.2, -0.15) is 0 Å². The molecule has 2 amide bonds. The molecule has 0 bridgehead atoms. The second-order valence-electron chi connectivity index (χ2n) is 5.99. The highest BCUT2D eigenvalue weighted by Crippen LogP contribution is 2.31. The Labute approximate surface area is 134 Å². The molecular weight excluding hydrogens is 298 g/mol. The summed E-state index contributed by atoms with van der Waals surface area (Å²) >= 11 is 0. The van der Waals surface area contributed by atoms with Crippen molar-refractivity contribution in [3.63, 3.8) is 0 Å². The van der Waals surface area contributed by atoms with Gasteiger partial charge in [0.25, 0.3) is 11.6 Å². The molecule has 1 rings (SSSR count). The van der Waals surface area contributed by atoms with Crippen molar-refractivity contribution in [3.8, 4) is 0 Å². The summed E-state index contributed by atoms with van der Waals surface area (Å²) in [6, 6.07) is 4.44. The number of benzene rings is 1. The van der Waals surface area contributed by atoms with Gasteiger partial charge in [-0.3, -0.25) is 19.7 Å². The van der Waals surface area contributed by atoms with Gasteiger partial charge in [0.2, 0.25) is 5.91 Å². The zero-order valence-corrected chi connectivity index (χ0v) is 13.5. The van der Waals surface area contributed by atoms with Crippen molar-refractivity contribution in [3.05, 3.63) is 52.1 Å². The van der Waals surface area contributed by atoms with Crippen LogP contribution in [0.3, 0.4) is 0 Å². The fourth-order valence-electron chi connectivity index (χ4n) is 1.99. The maximum atomic E-state index is 12.0. The molecule has 0 aliphatic rings. The minimum atomic E-state index is -0.484. The van der Waals surface area contributed by atoms with E-state index in [9.17, 15) is 19.7 Å². The molecule has 0 saturated carbocycles. The lowest BCUT2D eigenvalue weighted by atomic mass is 9.85. The molecule has 0 radical (unpaired) electrons. The maximum absolute atomic E-state index is 12.0. The van der Waals surface area contributed by atoms with Crippen LogP contribution in [-0.2, 0) is 10.2 Å². The minimum Gasteiger partial charge on any atom is -0.351 e. The molecule has 0 aromatic heterocycles. The van der Waals surface area contributed by atoms with E-state index in [2.05, 4.69) is 17.2 Å². The Hall–Kier alpha value is -2.70. The molecule has 23 heavy (non-hydrogen) atoms. The number of nitro benzene ring substituents is 1. The van der Waals surface area contributed by atoms with Gasteiger partial charge < -0.3 is 10.6 Å². The van der Waals surface area contributed by atoms with Crippen molar-refractivity contribution in [1.29, 1.82) is 0 Å². The Bertz CT molecular complexity index is 633. The Kier molecular flexibility index (Phi) is 6.01. The van der Waals surface area contributed by atoms with E-state index in [0.717, 1.165) is 6.08 Å². The van der Waals surface area contributed by atoms with Crippen LogP contribution in [-0.4, -0.2) is 29.8 Å². The summed E-state index contributed by atoms with van der Waals surface area (Å²) in [6.07, 6.45) is 1.14. The van der Waals surface area contributed by atoms with Crippen LogP contribution in [0.5, 0.6) is 0 Å². The number of carbonyl (C=O) groups excluding carboxylic acids is 2. The number of rotatable bonds is 6. The van der Waals surface area contributed by atoms with Gasteiger partial charge in [0, 0.05) is 30.3 Å². The fraction of sp³-hybridized carbons (Fsp3) is 0.375. The number of hydrogen-bond donors (Lipinski definition) is 2. The second kappa shape index (κ2) is 7.53. The zero-order valence-electron chi connectivity index (χ0n) is 13.5. The third kappa shape index (κ3) is 5.21. The highest BCUT2D eigenvalue weighted by Gasteiger charge is 2.25. The Balaban J connectivity index is 2.82. The fourth-order valence-corrected chi connectivity index (χ4v) is 1.99. The van der Waals surface area contributed by atoms with Crippen LogP contribution in [0.25, 0.3) is 0 Å². The van der Waals surface area contributed by atoms with Gasteiger partial charge >= 0.3 is 0 Å². The molecule has 0 heterocycles. The maximum Gasteiger partial charge on any atom is 0.273 e. The second-order valence-corrected chi connectivity index (χ2v) is 5.99. The Morgan fingerprint density at radius 2 is 1.87 bits per heavy atom. The molecular formula is C16H21N3O4. The van der Waals surface area contributed by atoms with E-state index in [1.165, 1.54) is 6.07 Å². The molecule has 0 saturated heterocycles. The van der Waals surface area contributed by atoms with Gasteiger partial charge in [-0.1, -0.05) is 33.4 Å². The normalized spacial score (nSPS) is 10.7. The number of nitrogens with zero attached hydrogens (tertiary/aromatic N) is 1. The van der Waals surface area contributed by atoms with Crippen molar-refractivity contribution in [1.82, 2.24) is 10.6 Å². The van der Waals surface area contributed by atoms with E-state index in [1.807, 2.05) is 20.8 Å². The highest BCUT2D eigenvalue weighted by molar-refractivity contribution is 5.95. The molecule has 7 heteroatoms. The van der Waals surface area contributed by atoms with E-state index in [1.54, 1.807) is 12.1 Å². The molecule has 0 aliphatic carbocycles. The first kappa shape index (κ1) is 18.3. The van der Waals surface area contributed by atoms with Crippen LogP contribution in [0.15, 0.2) is 30.9 Å². The summed E-state index contributed by atoms with van der Waals surface area (Å²) in [6.45, 7) is 9.39. The molecule has 124 valence electrons. The topological polar surface area (TPSA) is 101 Å². The standard InChI is InChI=1S/C16H21N3O4/c1-5-14(20)17-8-9-18-15(21)11-6-7-12(16(2,3)4)13(10-11)19(22)23/h5-7,10H,1,8-9H2,2-4H3,(H,17,20)(H,18,21). The molecule has 0 aliphatic heterocycles. The van der Waals surface area contributed by atoms with Crippen LogP contribution >= 0.6 is 0 Å². The van der Waals surface area contributed by atoms with Gasteiger partial charge in [0.05, 0.1) is 4.92 Å². The monoisotopic (exact) mass is 319 g/mol. The predicted octanol–water partition coefficient (Wildman–Crippen LogP) is 1.92. The molecule has 1 aromatic carbocycles. The van der Waals surface area contributed by atoms with Crippen LogP contribution in [0.1, 0.15) is 36.7 Å². The number of carbonyl (C=O) groups is 2. The first-order valence-corrected chi connectivity index (χ1v) is 7.14. The molecule has 7 nitrogen and oxygen atoms in total. The number of nitrogens with one attached hydrogen (secondary N) is 2. The average molecular weight is 319 g/mol. The van der Waals surface area contributed by atoms with E-state index in [-0.39, 0.29) is 30.2 Å². The zero-order chi connectivity index (χ0) is 17.6. The molecule has 0 atom stereocenters. The summed E-state index contributed by atoms with van der Waals surface area (Å²) in [4.78, 5) is 33.7. The van der Waals surface area contributed by atoms with E-state index < -0.39 is 16.2 Å². The third-order valence-electron chi connectivity index (χ3n) is 3.16. The molecule has 0 unspecified atom stereocenters. The smallest absolute Gasteiger partial charge is 0.273 e. The quantitative estimate of drug-likeness (QED) is 0.362. The highest BCUT2D eigenvalue weighted by atomic mass is 16.6. The van der Waals surface area contributed by atoms with Gasteiger partial charge in [-0.05, 0) is 17.6 Å². The first-order valence-electron chi connectivity index (χ1n) is 7.14. The SMILES string of the molecule is C=CC(=O)NCCNC(=O)c1ccc(C(C)(C)C)c([N+](=O)[O-])c1. The lowest BCUT2D eigenvalue weighted by Crippen LogP contribution is -2.34. The molecule has 0 fully saturated rings. The predicted molar refractivity (Wildman–Crippen MR) is 87.3 cm³/mol. The van der Waals surface area contributed by atoms with Crippen molar-refractivity contribution < 1.29 is 14.5 Å². The Morgan fingerprint density at radius 1 is 1.26 bits per heavy atom. The molecule has 2 N–H and O–H groups in total. The number of nitro groups is 1. The van der Waals surface area contributed by atoms with Gasteiger partial charge in [-0.25, -0.2) is 0 Å². The van der Waals surface area contributed by atoms with Gasteiger partial charge in [0.15, 0.2) is 0 Å². The van der Waals surface area contributed by atoms with Crippen LogP contribution < -0.4 is 10.6 Å². The first-order chi connectivity index (χ1) is 10.7. The minimum absolute atomic E-state index is 0.0786. The van der Waals surface area contributed by atoms with E-state index >= 15 is 0 Å². The van der Waals surface area contributed by atoms with E-state index in [4.69, 9.17) is 0 Å². The van der Waals surface area contributed by atoms with Crippen molar-refractivity contribution in [2.45, 2.75) is 26.2 Å². The van der Waals surface area contributed by atoms with Crippen molar-refractivity contribution in [2.75, 3.05) is 13.1 Å². The number of amides is 2. The summed E-state index contributed by atoms with van der Waals surface area (Å²) < 4.78 is 0. The molecule has 0 spiro atoms. The summed E-state index contributed by atoms with van der Waals surface area (Å²) in [5.74, 6) is -0.758. The van der Waals surface area contributed by atoms with Crippen molar-refractivity contribution in [2.24, 2.45) is 0 Å². The third-order valence-corrected chi connectivity index (χ3v) is 3.16. The molecule has 1 aromatic rings. The van der Waals surface area contributed by atoms with Crippen LogP contribution in [0.2, 0.25) is 0 Å². The Morgan fingerprint density at radius 3 is 2.39 bits per heavy atom. The van der Waals surface area contributed by atoms with Crippen LogP contribution in [0, 0.1) is 10.1 Å². The van der Waals surface area contributed by atoms with Gasteiger partial charge in [-0.15, -0.1) is 0 Å². The summed E-state index contributed by atoms with van der Waals surface area (Å²) in [5.41, 5.74) is 0.300. The lowest BCUT2D eigenvalue weighted by Gasteiger charge is -2.19. The largest absolute Gasteiger partial charge is 0.351 e. The van der Waals surface area contributed by atoms with Crippen molar-refractivity contribution >= 4 is 17.5 Å². The summed E-state index contributed by atoms with van der Waals surface area (Å²) in [7, 11) is 0. The van der Waals surface area contributed by atoms with Crippen LogP contribution in [0.4, 0.5) is 5.69 Å². The van der Waals surface area contributed by atoms with E-state index in [0.29, 0.717) is 5.56 Å². The number of hydrogen-bond acceptors (Lipinski definition) is 4. The summed E-state index contributed by atoms with van der Waals surface area (Å²) in [5, 5.41) is 16.3.